The third-order valence-corrected chi connectivity index (χ3v) is 5.25. The van der Waals surface area contributed by atoms with Crippen LogP contribution in [0.3, 0.4) is 0 Å². The molecule has 2 aromatic rings. The van der Waals surface area contributed by atoms with Crippen molar-refractivity contribution in [1.82, 2.24) is 10.3 Å². The predicted octanol–water partition coefficient (Wildman–Crippen LogP) is 4.40. The van der Waals surface area contributed by atoms with E-state index in [4.69, 9.17) is 0 Å². The van der Waals surface area contributed by atoms with Gasteiger partial charge in [-0.25, -0.2) is 4.98 Å². The molecule has 6 heteroatoms. The zero-order valence-corrected chi connectivity index (χ0v) is 16.5. The van der Waals surface area contributed by atoms with Gasteiger partial charge in [-0.2, -0.15) is 0 Å². The molecule has 0 spiro atoms. The minimum atomic E-state index is -0.238. The van der Waals surface area contributed by atoms with Gasteiger partial charge < -0.3 is 16.0 Å². The van der Waals surface area contributed by atoms with Gasteiger partial charge in [-0.1, -0.05) is 37.5 Å². The number of benzene rings is 1. The summed E-state index contributed by atoms with van der Waals surface area (Å²) in [4.78, 5) is 29.0. The van der Waals surface area contributed by atoms with Gasteiger partial charge in [0, 0.05) is 25.4 Å². The lowest BCUT2D eigenvalue weighted by Crippen LogP contribution is -2.21. The molecule has 0 unspecified atom stereocenters. The van der Waals surface area contributed by atoms with E-state index in [2.05, 4.69) is 20.9 Å². The number of anilines is 3. The number of hydrogen-bond acceptors (Lipinski definition) is 4. The molecule has 1 saturated carbocycles. The fourth-order valence-corrected chi connectivity index (χ4v) is 3.62. The Hall–Kier alpha value is -2.89. The largest absolute Gasteiger partial charge is 0.355 e. The third kappa shape index (κ3) is 5.09. The Morgan fingerprint density at radius 1 is 1.11 bits per heavy atom. The minimum absolute atomic E-state index is 0.0319. The van der Waals surface area contributed by atoms with Gasteiger partial charge in [-0.15, -0.1) is 0 Å². The van der Waals surface area contributed by atoms with Gasteiger partial charge in [0.1, 0.15) is 0 Å². The lowest BCUT2D eigenvalue weighted by atomic mass is 9.87. The van der Waals surface area contributed by atoms with E-state index in [9.17, 15) is 9.59 Å². The molecule has 2 amide bonds. The highest BCUT2D eigenvalue weighted by Crippen LogP contribution is 2.29. The van der Waals surface area contributed by atoms with Gasteiger partial charge in [0.25, 0.3) is 5.91 Å². The molecule has 1 fully saturated rings. The molecule has 0 radical (unpaired) electrons. The van der Waals surface area contributed by atoms with Crippen LogP contribution in [0.1, 0.15) is 54.4 Å². The first-order valence-corrected chi connectivity index (χ1v) is 9.91. The molecule has 1 aliphatic rings. The summed E-state index contributed by atoms with van der Waals surface area (Å²) in [6, 6.07) is 9.54. The monoisotopic (exact) mass is 380 g/mol. The van der Waals surface area contributed by atoms with Crippen molar-refractivity contribution in [3.63, 3.8) is 0 Å². The normalized spacial score (nSPS) is 14.4. The molecule has 6 nitrogen and oxygen atoms in total. The van der Waals surface area contributed by atoms with Crippen molar-refractivity contribution in [2.75, 3.05) is 17.7 Å². The molecule has 1 aromatic carbocycles. The SMILES string of the molecule is CNC(=O)c1cnc(Nc2ccccc2C)c(NC(=O)CC2CCCCC2)c1. The Morgan fingerprint density at radius 3 is 2.57 bits per heavy atom. The van der Waals surface area contributed by atoms with E-state index in [0.717, 1.165) is 24.1 Å². The van der Waals surface area contributed by atoms with Crippen LogP contribution >= 0.6 is 0 Å². The summed E-state index contributed by atoms with van der Waals surface area (Å²) >= 11 is 0. The average molecular weight is 380 g/mol. The van der Waals surface area contributed by atoms with Gasteiger partial charge in [0.05, 0.1) is 11.3 Å². The number of para-hydroxylation sites is 1. The molecular weight excluding hydrogens is 352 g/mol. The summed E-state index contributed by atoms with van der Waals surface area (Å²) in [6.45, 7) is 2.00. The summed E-state index contributed by atoms with van der Waals surface area (Å²) in [7, 11) is 1.57. The average Bonchev–Trinajstić information content (AvgIpc) is 2.71. The molecule has 0 atom stereocenters. The standard InChI is InChI=1S/C22H28N4O2/c1-15-8-6-7-11-18(15)26-21-19(13-17(14-24-21)22(28)23-2)25-20(27)12-16-9-4-3-5-10-16/h6-8,11,13-14,16H,3-5,9-10,12H2,1-2H3,(H,23,28)(H,24,26)(H,25,27). The van der Waals surface area contributed by atoms with E-state index in [0.29, 0.717) is 29.4 Å². The number of nitrogens with one attached hydrogen (secondary N) is 3. The van der Waals surface area contributed by atoms with E-state index in [1.165, 1.54) is 25.5 Å². The Morgan fingerprint density at radius 2 is 1.86 bits per heavy atom. The van der Waals surface area contributed by atoms with E-state index in [1.807, 2.05) is 31.2 Å². The number of aromatic nitrogens is 1. The predicted molar refractivity (Wildman–Crippen MR) is 112 cm³/mol. The number of hydrogen-bond donors (Lipinski definition) is 3. The second-order valence-electron chi connectivity index (χ2n) is 7.40. The first kappa shape index (κ1) is 19.9. The Kier molecular flexibility index (Phi) is 6.63. The molecule has 0 aliphatic heterocycles. The maximum atomic E-state index is 12.6. The van der Waals surface area contributed by atoms with Crippen molar-refractivity contribution in [3.05, 3.63) is 47.7 Å². The highest BCUT2D eigenvalue weighted by molar-refractivity contribution is 5.99. The van der Waals surface area contributed by atoms with Gasteiger partial charge in [0.15, 0.2) is 5.82 Å². The fraction of sp³-hybridized carbons (Fsp3) is 0.409. The first-order chi connectivity index (χ1) is 13.6. The van der Waals surface area contributed by atoms with Crippen molar-refractivity contribution in [1.29, 1.82) is 0 Å². The van der Waals surface area contributed by atoms with E-state index in [1.54, 1.807) is 13.1 Å². The van der Waals surface area contributed by atoms with E-state index < -0.39 is 0 Å². The van der Waals surface area contributed by atoms with Crippen LogP contribution in [0.15, 0.2) is 36.5 Å². The molecule has 3 rings (SSSR count). The second kappa shape index (κ2) is 9.35. The Bertz CT molecular complexity index is 844. The summed E-state index contributed by atoms with van der Waals surface area (Å²) in [5, 5.41) is 8.84. The van der Waals surface area contributed by atoms with Crippen molar-refractivity contribution < 1.29 is 9.59 Å². The molecule has 1 heterocycles. The number of aryl methyl sites for hydroxylation is 1. The minimum Gasteiger partial charge on any atom is -0.355 e. The van der Waals surface area contributed by atoms with Gasteiger partial charge in [-0.3, -0.25) is 9.59 Å². The first-order valence-electron chi connectivity index (χ1n) is 9.91. The molecule has 3 N–H and O–H groups in total. The van der Waals surface area contributed by atoms with Crippen molar-refractivity contribution in [2.24, 2.45) is 5.92 Å². The number of amides is 2. The molecule has 148 valence electrons. The number of carbonyl (C=O) groups excluding carboxylic acids is 2. The summed E-state index contributed by atoms with van der Waals surface area (Å²) in [5.74, 6) is 0.698. The van der Waals surface area contributed by atoms with Gasteiger partial charge in [-0.05, 0) is 43.4 Å². The smallest absolute Gasteiger partial charge is 0.252 e. The number of nitrogens with zero attached hydrogens (tertiary/aromatic N) is 1. The fourth-order valence-electron chi connectivity index (χ4n) is 3.62. The highest BCUT2D eigenvalue weighted by Gasteiger charge is 2.19. The van der Waals surface area contributed by atoms with Crippen LogP contribution in [0.2, 0.25) is 0 Å². The van der Waals surface area contributed by atoms with Crippen molar-refractivity contribution in [2.45, 2.75) is 45.4 Å². The lowest BCUT2D eigenvalue weighted by molar-refractivity contribution is -0.117. The van der Waals surface area contributed by atoms with Gasteiger partial charge in [0.2, 0.25) is 5.91 Å². The molecule has 1 aromatic heterocycles. The van der Waals surface area contributed by atoms with Crippen LogP contribution in [-0.2, 0) is 4.79 Å². The summed E-state index contributed by atoms with van der Waals surface area (Å²) in [6.07, 6.45) is 7.90. The van der Waals surface area contributed by atoms with Crippen LogP contribution in [-0.4, -0.2) is 23.8 Å². The third-order valence-electron chi connectivity index (χ3n) is 5.25. The van der Waals surface area contributed by atoms with E-state index in [-0.39, 0.29) is 11.8 Å². The second-order valence-corrected chi connectivity index (χ2v) is 7.40. The molecule has 0 bridgehead atoms. The zero-order valence-electron chi connectivity index (χ0n) is 16.5. The lowest BCUT2D eigenvalue weighted by Gasteiger charge is -2.21. The quantitative estimate of drug-likeness (QED) is 0.693. The van der Waals surface area contributed by atoms with Crippen LogP contribution < -0.4 is 16.0 Å². The van der Waals surface area contributed by atoms with Crippen molar-refractivity contribution in [3.8, 4) is 0 Å². The number of rotatable bonds is 6. The summed E-state index contributed by atoms with van der Waals surface area (Å²) < 4.78 is 0. The molecule has 0 saturated heterocycles. The number of pyridine rings is 1. The maximum absolute atomic E-state index is 12.6. The van der Waals surface area contributed by atoms with Crippen molar-refractivity contribution >= 4 is 29.0 Å². The van der Waals surface area contributed by atoms with Crippen LogP contribution in [0.5, 0.6) is 0 Å². The Balaban J connectivity index is 1.81. The molecule has 28 heavy (non-hydrogen) atoms. The maximum Gasteiger partial charge on any atom is 0.252 e. The van der Waals surface area contributed by atoms with Crippen LogP contribution in [0, 0.1) is 12.8 Å². The van der Waals surface area contributed by atoms with Gasteiger partial charge >= 0.3 is 0 Å². The summed E-state index contributed by atoms with van der Waals surface area (Å²) in [5.41, 5.74) is 2.90. The zero-order chi connectivity index (χ0) is 19.9. The highest BCUT2D eigenvalue weighted by atomic mass is 16.2. The van der Waals surface area contributed by atoms with Crippen LogP contribution in [0.25, 0.3) is 0 Å². The Labute approximate surface area is 166 Å². The molecule has 1 aliphatic carbocycles. The van der Waals surface area contributed by atoms with E-state index >= 15 is 0 Å². The topological polar surface area (TPSA) is 83.1 Å². The van der Waals surface area contributed by atoms with Crippen LogP contribution in [0.4, 0.5) is 17.2 Å². The number of carbonyl (C=O) groups is 2. The molecular formula is C22H28N4O2.